The molecule has 6 atom stereocenters. The maximum absolute atomic E-state index is 14.6. The molecule has 0 bridgehead atoms. The van der Waals surface area contributed by atoms with Crippen LogP contribution in [0.3, 0.4) is 0 Å². The molecule has 0 saturated carbocycles. The molecule has 4 aromatic rings. The summed E-state index contributed by atoms with van der Waals surface area (Å²) in [6.45, 7) is 4.24. The van der Waals surface area contributed by atoms with Gasteiger partial charge in [0.15, 0.2) is 24.0 Å². The first kappa shape index (κ1) is 45.0. The third-order valence-corrected chi connectivity index (χ3v) is 11.9. The number of dihydropyridines is 2. The largest absolute Gasteiger partial charge is 0.494 e. The van der Waals surface area contributed by atoms with Crippen molar-refractivity contribution in [1.82, 2.24) is 10.6 Å². The van der Waals surface area contributed by atoms with Crippen LogP contribution in [0.4, 0.5) is 26.3 Å². The van der Waals surface area contributed by atoms with Gasteiger partial charge < -0.3 is 39.8 Å². The van der Waals surface area contributed by atoms with E-state index in [2.05, 4.69) is 10.6 Å². The van der Waals surface area contributed by atoms with E-state index in [4.69, 9.17) is 18.9 Å². The average Bonchev–Trinajstić information content (AvgIpc) is 3.24. The van der Waals surface area contributed by atoms with Crippen molar-refractivity contribution in [2.45, 2.75) is 72.8 Å². The Labute approximate surface area is 354 Å². The van der Waals surface area contributed by atoms with E-state index in [0.29, 0.717) is 47.3 Å². The number of nitrogens with one attached hydrogen (secondary N) is 2. The number of halogens is 6. The van der Waals surface area contributed by atoms with Gasteiger partial charge in [-0.15, -0.1) is 11.8 Å². The number of hydrogen-bond donors (Lipinski definition) is 4. The molecule has 4 N–H and O–H groups in total. The molecule has 0 spiro atoms. The number of para-hydroxylation sites is 2. The molecule has 6 unspecified atom stereocenters. The zero-order chi connectivity index (χ0) is 43.7. The van der Waals surface area contributed by atoms with Crippen LogP contribution in [0.1, 0.15) is 37.8 Å². The number of hydrogen-bond acceptors (Lipinski definition) is 9. The fraction of sp³-hybridized carbons (Fsp3) is 0.304. The van der Waals surface area contributed by atoms with Crippen LogP contribution in [0.5, 0.6) is 23.0 Å². The molecule has 324 valence electrons. The Balaban J connectivity index is 1.54. The van der Waals surface area contributed by atoms with Crippen LogP contribution >= 0.6 is 11.8 Å². The number of benzene rings is 4. The lowest BCUT2D eigenvalue weighted by molar-refractivity contribution is -0.206. The zero-order valence-corrected chi connectivity index (χ0v) is 34.0. The van der Waals surface area contributed by atoms with Crippen molar-refractivity contribution in [2.24, 2.45) is 0 Å². The van der Waals surface area contributed by atoms with Gasteiger partial charge in [-0.1, -0.05) is 85.0 Å². The number of aliphatic hydroxyl groups is 2. The van der Waals surface area contributed by atoms with Crippen LogP contribution < -0.4 is 29.6 Å². The van der Waals surface area contributed by atoms with Gasteiger partial charge in [0.2, 0.25) is 0 Å². The van der Waals surface area contributed by atoms with Gasteiger partial charge in [0, 0.05) is 10.5 Å². The molecule has 2 aliphatic heterocycles. The fourth-order valence-electron chi connectivity index (χ4n) is 7.14. The number of thioether (sulfide) groups is 1. The molecule has 0 amide bonds. The normalized spacial score (nSPS) is 20.8. The van der Waals surface area contributed by atoms with E-state index >= 15 is 0 Å². The van der Waals surface area contributed by atoms with Crippen molar-refractivity contribution in [3.63, 3.8) is 0 Å². The van der Waals surface area contributed by atoms with Gasteiger partial charge in [-0.25, -0.2) is 0 Å². The molecular formula is C46H46F6N2O6S. The summed E-state index contributed by atoms with van der Waals surface area (Å²) in [6, 6.07) is 30.3. The first-order valence-corrected chi connectivity index (χ1v) is 20.5. The maximum atomic E-state index is 14.6. The van der Waals surface area contributed by atoms with E-state index in [-0.39, 0.29) is 11.8 Å². The third-order valence-electron chi connectivity index (χ3n) is 10.1. The second-order valence-corrected chi connectivity index (χ2v) is 15.6. The highest BCUT2D eigenvalue weighted by atomic mass is 32.2. The van der Waals surface area contributed by atoms with Crippen molar-refractivity contribution in [3.8, 4) is 23.0 Å². The molecule has 61 heavy (non-hydrogen) atoms. The van der Waals surface area contributed by atoms with Crippen LogP contribution in [0.25, 0.3) is 0 Å². The SMILES string of the molecule is CCOc1ccc(C2(C(CC(O)C(F)(F)F)SC(CC(O)C(F)(F)F)C3(c4ccc(OCC)cc4)C=CC=C(Oc4ccccc4)N3)C=CC=C(Oc3ccccc3)N2)cc1. The highest BCUT2D eigenvalue weighted by molar-refractivity contribution is 8.00. The second kappa shape index (κ2) is 19.5. The van der Waals surface area contributed by atoms with Crippen LogP contribution in [-0.2, 0) is 11.1 Å². The van der Waals surface area contributed by atoms with Gasteiger partial charge in [-0.2, -0.15) is 26.3 Å². The maximum Gasteiger partial charge on any atom is 0.414 e. The van der Waals surface area contributed by atoms with E-state index in [1.54, 1.807) is 159 Å². The van der Waals surface area contributed by atoms with E-state index in [0.717, 1.165) is 11.8 Å². The number of aliphatic hydroxyl groups excluding tert-OH is 2. The lowest BCUT2D eigenvalue weighted by Crippen LogP contribution is -2.56. The Hall–Kier alpha value is -5.51. The molecule has 6 rings (SSSR count). The Morgan fingerprint density at radius 2 is 0.902 bits per heavy atom. The molecule has 2 heterocycles. The summed E-state index contributed by atoms with van der Waals surface area (Å²) in [4.78, 5) is 0. The molecule has 8 nitrogen and oxygen atoms in total. The van der Waals surface area contributed by atoms with Gasteiger partial charge in [0.25, 0.3) is 0 Å². The summed E-state index contributed by atoms with van der Waals surface area (Å²) in [5, 5.41) is 25.5. The lowest BCUT2D eigenvalue weighted by Gasteiger charge is -2.48. The minimum atomic E-state index is -5.12. The van der Waals surface area contributed by atoms with Gasteiger partial charge in [-0.05, 0) is 98.5 Å². The summed E-state index contributed by atoms with van der Waals surface area (Å²) in [5.74, 6) is 1.94. The van der Waals surface area contributed by atoms with Gasteiger partial charge >= 0.3 is 12.4 Å². The second-order valence-electron chi connectivity index (χ2n) is 14.2. The predicted octanol–water partition coefficient (Wildman–Crippen LogP) is 9.83. The number of rotatable bonds is 18. The first-order valence-electron chi connectivity index (χ1n) is 19.6. The molecule has 2 aliphatic rings. The third kappa shape index (κ3) is 11.1. The summed E-state index contributed by atoms with van der Waals surface area (Å²) < 4.78 is 111. The van der Waals surface area contributed by atoms with E-state index in [1.165, 1.54) is 0 Å². The molecule has 4 aromatic carbocycles. The van der Waals surface area contributed by atoms with Crippen molar-refractivity contribution in [3.05, 3.63) is 169 Å². The number of alkyl halides is 6. The summed E-state index contributed by atoms with van der Waals surface area (Å²) in [6.07, 6.45) is -8.64. The van der Waals surface area contributed by atoms with E-state index in [1.807, 2.05) is 0 Å². The summed E-state index contributed by atoms with van der Waals surface area (Å²) >= 11 is 0.749. The van der Waals surface area contributed by atoms with Gasteiger partial charge in [0.1, 0.15) is 23.0 Å². The Kier molecular flexibility index (Phi) is 14.4. The Bertz CT molecular complexity index is 2000. The zero-order valence-electron chi connectivity index (χ0n) is 33.2. The highest BCUT2D eigenvalue weighted by Gasteiger charge is 2.53. The summed E-state index contributed by atoms with van der Waals surface area (Å²) in [7, 11) is 0. The van der Waals surface area contributed by atoms with Crippen LogP contribution in [-0.4, -0.2) is 58.5 Å². The molecular weight excluding hydrogens is 823 g/mol. The van der Waals surface area contributed by atoms with E-state index in [9.17, 15) is 36.6 Å². The Morgan fingerprint density at radius 1 is 0.541 bits per heavy atom. The van der Waals surface area contributed by atoms with Crippen molar-refractivity contribution < 1.29 is 55.5 Å². The number of allylic oxidation sites excluding steroid dienone is 4. The highest BCUT2D eigenvalue weighted by Crippen LogP contribution is 2.50. The van der Waals surface area contributed by atoms with Gasteiger partial charge in [0.05, 0.1) is 24.3 Å². The van der Waals surface area contributed by atoms with Crippen molar-refractivity contribution in [1.29, 1.82) is 0 Å². The summed E-state index contributed by atoms with van der Waals surface area (Å²) in [5.41, 5.74) is -2.63. The standard InChI is InChI=1S/C46H46F6N2O6S/c1-3-57-33-23-19-31(20-24-33)43(27-11-17-41(53-43)59-35-13-7-5-8-14-35)39(29-37(55)45(47,48)49)61-40(30-38(56)46(50,51)52)44(32-21-25-34(26-22-32)58-4-2)28-12-18-42(54-44)60-36-15-9-6-10-16-36/h5-28,37-40,53-56H,3-4,29-30H2,1-2H3. The molecule has 0 fully saturated rings. The van der Waals surface area contributed by atoms with Crippen molar-refractivity contribution >= 4 is 11.8 Å². The lowest BCUT2D eigenvalue weighted by atomic mass is 9.81. The molecule has 0 aromatic heterocycles. The minimum Gasteiger partial charge on any atom is -0.494 e. The Morgan fingerprint density at radius 3 is 1.23 bits per heavy atom. The average molecular weight is 869 g/mol. The molecule has 15 heteroatoms. The fourth-order valence-corrected chi connectivity index (χ4v) is 9.10. The van der Waals surface area contributed by atoms with Crippen LogP contribution in [0.15, 0.2) is 157 Å². The van der Waals surface area contributed by atoms with E-state index < -0.39 is 59.0 Å². The topological polar surface area (TPSA) is 101 Å². The monoisotopic (exact) mass is 868 g/mol. The smallest absolute Gasteiger partial charge is 0.414 e. The quantitative estimate of drug-likeness (QED) is 0.0729. The molecule has 0 saturated heterocycles. The number of ether oxygens (including phenoxy) is 4. The molecule has 0 aliphatic carbocycles. The van der Waals surface area contributed by atoms with Crippen LogP contribution in [0, 0.1) is 0 Å². The van der Waals surface area contributed by atoms with Gasteiger partial charge in [-0.3, -0.25) is 0 Å². The first-order chi connectivity index (χ1) is 29.1. The minimum absolute atomic E-state index is 0.111. The van der Waals surface area contributed by atoms with Crippen LogP contribution in [0.2, 0.25) is 0 Å². The van der Waals surface area contributed by atoms with Crippen molar-refractivity contribution in [2.75, 3.05) is 13.2 Å². The molecule has 0 radical (unpaired) electrons. The predicted molar refractivity (Wildman–Crippen MR) is 222 cm³/mol.